The molecule has 0 aliphatic carbocycles. The number of nitrogens with zero attached hydrogens (tertiary/aromatic N) is 1. The first-order valence-electron chi connectivity index (χ1n) is 7.13. The van der Waals surface area contributed by atoms with Gasteiger partial charge < -0.3 is 5.32 Å². The summed E-state index contributed by atoms with van der Waals surface area (Å²) >= 11 is 1.57. The van der Waals surface area contributed by atoms with Crippen LogP contribution in [0.1, 0.15) is 36.9 Å². The number of hydrogen-bond acceptors (Lipinski definition) is 4. The van der Waals surface area contributed by atoms with Crippen LogP contribution in [-0.2, 0) is 16.6 Å². The minimum Gasteiger partial charge on any atom is -0.310 e. The zero-order valence-electron chi connectivity index (χ0n) is 12.6. The first-order valence-corrected chi connectivity index (χ1v) is 9.39. The molecule has 1 aromatic heterocycles. The Labute approximate surface area is 126 Å². The maximum Gasteiger partial charge on any atom is 0.244 e. The number of rotatable bonds is 5. The van der Waals surface area contributed by atoms with E-state index in [4.69, 9.17) is 0 Å². The van der Waals surface area contributed by atoms with Crippen molar-refractivity contribution in [2.75, 3.05) is 13.1 Å². The molecule has 0 spiro atoms. The molecule has 2 heterocycles. The van der Waals surface area contributed by atoms with Gasteiger partial charge in [0.15, 0.2) is 0 Å². The fourth-order valence-electron chi connectivity index (χ4n) is 2.42. The fourth-order valence-corrected chi connectivity index (χ4v) is 5.55. The van der Waals surface area contributed by atoms with Crippen LogP contribution in [-0.4, -0.2) is 31.9 Å². The van der Waals surface area contributed by atoms with Crippen LogP contribution < -0.4 is 5.32 Å². The van der Waals surface area contributed by atoms with Crippen molar-refractivity contribution in [3.8, 4) is 0 Å². The molecule has 0 saturated carbocycles. The normalized spacial score (nSPS) is 20.9. The summed E-state index contributed by atoms with van der Waals surface area (Å²) in [5.41, 5.74) is 0. The molecule has 1 saturated heterocycles. The van der Waals surface area contributed by atoms with E-state index >= 15 is 0 Å². The van der Waals surface area contributed by atoms with Gasteiger partial charge in [-0.1, -0.05) is 20.8 Å². The summed E-state index contributed by atoms with van der Waals surface area (Å²) in [4.78, 5) is 2.48. The molecule has 1 fully saturated rings. The Balaban J connectivity index is 2.19. The fraction of sp³-hybridized carbons (Fsp3) is 0.714. The zero-order chi connectivity index (χ0) is 14.9. The minimum absolute atomic E-state index is 0.400. The van der Waals surface area contributed by atoms with Crippen LogP contribution in [0.2, 0.25) is 0 Å². The van der Waals surface area contributed by atoms with Crippen LogP contribution in [0.25, 0.3) is 0 Å². The molecule has 2 rings (SSSR count). The molecular weight excluding hydrogens is 292 g/mol. The third kappa shape index (κ3) is 3.42. The quantitative estimate of drug-likeness (QED) is 0.908. The second-order valence-corrected chi connectivity index (χ2v) is 9.17. The average Bonchev–Trinajstić information content (AvgIpc) is 2.93. The van der Waals surface area contributed by atoms with E-state index in [2.05, 4.69) is 26.1 Å². The Morgan fingerprint density at radius 3 is 2.75 bits per heavy atom. The summed E-state index contributed by atoms with van der Waals surface area (Å²) in [6, 6.07) is 2.24. The number of nitrogens with one attached hydrogen (secondary N) is 1. The maximum atomic E-state index is 12.7. The van der Waals surface area contributed by atoms with E-state index in [0.717, 1.165) is 22.7 Å². The molecular formula is C14H24N2O2S2. The van der Waals surface area contributed by atoms with E-state index in [1.807, 2.05) is 13.0 Å². The highest BCUT2D eigenvalue weighted by molar-refractivity contribution is 7.89. The summed E-state index contributed by atoms with van der Waals surface area (Å²) in [5, 5.41) is 3.33. The molecule has 1 aromatic rings. The molecule has 1 atom stereocenters. The minimum atomic E-state index is -3.30. The van der Waals surface area contributed by atoms with Crippen LogP contribution in [0.3, 0.4) is 0 Å². The van der Waals surface area contributed by atoms with Crippen LogP contribution in [0.4, 0.5) is 0 Å². The van der Waals surface area contributed by atoms with E-state index in [1.54, 1.807) is 15.6 Å². The van der Waals surface area contributed by atoms with E-state index in [1.165, 1.54) is 0 Å². The van der Waals surface area contributed by atoms with Crippen LogP contribution >= 0.6 is 11.3 Å². The molecule has 1 aliphatic rings. The Morgan fingerprint density at radius 1 is 1.50 bits per heavy atom. The van der Waals surface area contributed by atoms with Crippen molar-refractivity contribution in [1.29, 1.82) is 0 Å². The molecule has 4 nitrogen and oxygen atoms in total. The number of thiophene rings is 1. The van der Waals surface area contributed by atoms with Crippen LogP contribution in [0.5, 0.6) is 0 Å². The second-order valence-electron chi connectivity index (χ2n) is 5.93. The standard InChI is InChI=1S/C14H24N2O2S2/c1-10(2)15-8-13-7-14(12(4)19-13)20(17,18)16-6-5-11(3)9-16/h7,10-11,15H,5-6,8-9H2,1-4H3. The van der Waals surface area contributed by atoms with E-state index in [9.17, 15) is 8.42 Å². The van der Waals surface area contributed by atoms with Gasteiger partial charge in [0, 0.05) is 35.4 Å². The molecule has 0 amide bonds. The predicted octanol–water partition coefficient (Wildman–Crippen LogP) is 2.59. The Hall–Kier alpha value is -0.430. The van der Waals surface area contributed by atoms with Gasteiger partial charge in [-0.3, -0.25) is 0 Å². The van der Waals surface area contributed by atoms with Crippen molar-refractivity contribution in [2.24, 2.45) is 5.92 Å². The lowest BCUT2D eigenvalue weighted by Gasteiger charge is -2.15. The molecule has 1 aliphatic heterocycles. The molecule has 0 aromatic carbocycles. The van der Waals surface area contributed by atoms with E-state index in [-0.39, 0.29) is 0 Å². The summed E-state index contributed by atoms with van der Waals surface area (Å²) < 4.78 is 27.0. The van der Waals surface area contributed by atoms with Crippen molar-refractivity contribution < 1.29 is 8.42 Å². The third-order valence-electron chi connectivity index (χ3n) is 3.61. The Morgan fingerprint density at radius 2 is 2.20 bits per heavy atom. The smallest absolute Gasteiger partial charge is 0.244 e. The highest BCUT2D eigenvalue weighted by atomic mass is 32.2. The molecule has 1 N–H and O–H groups in total. The predicted molar refractivity (Wildman–Crippen MR) is 83.6 cm³/mol. The lowest BCUT2D eigenvalue weighted by molar-refractivity contribution is 0.464. The molecule has 114 valence electrons. The maximum absolute atomic E-state index is 12.7. The van der Waals surface area contributed by atoms with Gasteiger partial charge in [0.2, 0.25) is 10.0 Å². The first kappa shape index (κ1) is 15.9. The number of aryl methyl sites for hydroxylation is 1. The van der Waals surface area contributed by atoms with Gasteiger partial charge in [0.05, 0.1) is 4.90 Å². The molecule has 0 radical (unpaired) electrons. The molecule has 0 bridgehead atoms. The van der Waals surface area contributed by atoms with Gasteiger partial charge >= 0.3 is 0 Å². The van der Waals surface area contributed by atoms with Crippen LogP contribution in [0.15, 0.2) is 11.0 Å². The summed E-state index contributed by atoms with van der Waals surface area (Å²) in [7, 11) is -3.30. The average molecular weight is 316 g/mol. The van der Waals surface area contributed by atoms with Gasteiger partial charge in [-0.05, 0) is 25.3 Å². The van der Waals surface area contributed by atoms with Crippen molar-refractivity contribution in [3.05, 3.63) is 15.8 Å². The highest BCUT2D eigenvalue weighted by Gasteiger charge is 2.32. The van der Waals surface area contributed by atoms with Crippen LogP contribution in [0, 0.1) is 12.8 Å². The third-order valence-corrected chi connectivity index (χ3v) is 6.78. The van der Waals surface area contributed by atoms with E-state index in [0.29, 0.717) is 29.9 Å². The molecule has 6 heteroatoms. The summed E-state index contributed by atoms with van der Waals surface area (Å²) in [6.45, 7) is 10.2. The van der Waals surface area contributed by atoms with Crippen molar-refractivity contribution in [3.63, 3.8) is 0 Å². The number of hydrogen-bond donors (Lipinski definition) is 1. The van der Waals surface area contributed by atoms with Crippen molar-refractivity contribution in [1.82, 2.24) is 9.62 Å². The van der Waals surface area contributed by atoms with Gasteiger partial charge in [0.25, 0.3) is 0 Å². The van der Waals surface area contributed by atoms with Gasteiger partial charge in [-0.25, -0.2) is 8.42 Å². The Kier molecular flexibility index (Phi) is 4.89. The van der Waals surface area contributed by atoms with Gasteiger partial charge in [0.1, 0.15) is 0 Å². The van der Waals surface area contributed by atoms with Crippen molar-refractivity contribution >= 4 is 21.4 Å². The topological polar surface area (TPSA) is 49.4 Å². The van der Waals surface area contributed by atoms with E-state index < -0.39 is 10.0 Å². The largest absolute Gasteiger partial charge is 0.310 e. The summed E-state index contributed by atoms with van der Waals surface area (Å²) in [5.74, 6) is 0.464. The number of sulfonamides is 1. The summed E-state index contributed by atoms with van der Waals surface area (Å²) in [6.07, 6.45) is 0.962. The Bertz CT molecular complexity index is 564. The lowest BCUT2D eigenvalue weighted by Crippen LogP contribution is -2.28. The second kappa shape index (κ2) is 6.13. The SMILES string of the molecule is Cc1sc(CNC(C)C)cc1S(=O)(=O)N1CCC(C)C1. The molecule has 1 unspecified atom stereocenters. The van der Waals surface area contributed by atoms with Crippen molar-refractivity contribution in [2.45, 2.75) is 51.6 Å². The lowest BCUT2D eigenvalue weighted by atomic mass is 10.2. The first-order chi connectivity index (χ1) is 9.30. The zero-order valence-corrected chi connectivity index (χ0v) is 14.3. The monoisotopic (exact) mass is 316 g/mol. The highest BCUT2D eigenvalue weighted by Crippen LogP contribution is 2.31. The molecule has 20 heavy (non-hydrogen) atoms. The van der Waals surface area contributed by atoms with Gasteiger partial charge in [-0.2, -0.15) is 4.31 Å². The van der Waals surface area contributed by atoms with Gasteiger partial charge in [-0.15, -0.1) is 11.3 Å².